The minimum Gasteiger partial charge on any atom is -0.493 e. The number of benzene rings is 1. The minimum atomic E-state index is -0.125. The zero-order valence-electron chi connectivity index (χ0n) is 19.2. The van der Waals surface area contributed by atoms with Crippen LogP contribution in [-0.4, -0.2) is 71.9 Å². The molecule has 3 rings (SSSR count). The Labute approximate surface area is 184 Å². The largest absolute Gasteiger partial charge is 0.493 e. The van der Waals surface area contributed by atoms with E-state index in [9.17, 15) is 9.59 Å². The third-order valence-corrected chi connectivity index (χ3v) is 5.77. The molecule has 2 heterocycles. The Kier molecular flexibility index (Phi) is 7.98. The summed E-state index contributed by atoms with van der Waals surface area (Å²) in [6.45, 7) is 10.7. The number of likely N-dealkylation sites (N-methyl/N-ethyl adjacent to an activating group) is 1. The van der Waals surface area contributed by atoms with Crippen LogP contribution < -0.4 is 10.3 Å². The van der Waals surface area contributed by atoms with Gasteiger partial charge in [0.15, 0.2) is 5.78 Å². The first-order valence-electron chi connectivity index (χ1n) is 11.3. The molecule has 0 spiro atoms. The lowest BCUT2D eigenvalue weighted by Crippen LogP contribution is -2.46. The molecule has 7 heteroatoms. The number of H-pyrrole nitrogens is 1. The predicted molar refractivity (Wildman–Crippen MR) is 123 cm³/mol. The molecule has 0 bridgehead atoms. The number of nitrogens with one attached hydrogen (secondary N) is 1. The molecule has 168 valence electrons. The summed E-state index contributed by atoms with van der Waals surface area (Å²) in [5.74, 6) is 1.16. The number of ketones is 1. The maximum absolute atomic E-state index is 13.0. The zero-order chi connectivity index (χ0) is 22.4. The van der Waals surface area contributed by atoms with Crippen LogP contribution in [0, 0.1) is 0 Å². The van der Waals surface area contributed by atoms with Crippen LogP contribution in [0.15, 0.2) is 23.0 Å². The topological polar surface area (TPSA) is 78.5 Å². The predicted octanol–water partition coefficient (Wildman–Crippen LogP) is 2.78. The summed E-state index contributed by atoms with van der Waals surface area (Å²) in [6, 6.07) is 5.44. The van der Waals surface area contributed by atoms with Crippen molar-refractivity contribution in [2.24, 2.45) is 0 Å². The first-order valence-corrected chi connectivity index (χ1v) is 11.3. The van der Waals surface area contributed by atoms with E-state index in [0.29, 0.717) is 54.3 Å². The molecule has 1 aromatic heterocycles. The van der Waals surface area contributed by atoms with Gasteiger partial charge in [-0.2, -0.15) is 0 Å². The molecule has 1 aromatic carbocycles. The van der Waals surface area contributed by atoms with E-state index in [1.165, 1.54) is 0 Å². The SMILES string of the molecule is CCCOc1ccc(C(=O)CN2CCN(C)CC2)cc1-c1nc(CC)c(CC)c(=O)[nH]1. The molecule has 0 radical (unpaired) electrons. The number of carbonyl (C=O) groups is 1. The molecule has 31 heavy (non-hydrogen) atoms. The maximum Gasteiger partial charge on any atom is 0.254 e. The fourth-order valence-electron chi connectivity index (χ4n) is 3.86. The van der Waals surface area contributed by atoms with Crippen LogP contribution in [0.4, 0.5) is 0 Å². The third kappa shape index (κ3) is 5.60. The van der Waals surface area contributed by atoms with E-state index in [1.54, 1.807) is 0 Å². The Hall–Kier alpha value is -2.51. The number of aromatic amines is 1. The van der Waals surface area contributed by atoms with Gasteiger partial charge in [-0.25, -0.2) is 4.98 Å². The summed E-state index contributed by atoms with van der Waals surface area (Å²) in [5, 5.41) is 0. The lowest BCUT2D eigenvalue weighted by atomic mass is 10.0. The highest BCUT2D eigenvalue weighted by Crippen LogP contribution is 2.29. The van der Waals surface area contributed by atoms with Gasteiger partial charge in [-0.05, 0) is 44.5 Å². The first kappa shape index (κ1) is 23.2. The van der Waals surface area contributed by atoms with E-state index in [4.69, 9.17) is 9.72 Å². The number of nitrogens with zero attached hydrogens (tertiary/aromatic N) is 3. The molecular formula is C24H34N4O3. The second-order valence-corrected chi connectivity index (χ2v) is 8.11. The molecule has 0 aliphatic carbocycles. The average molecular weight is 427 g/mol. The van der Waals surface area contributed by atoms with E-state index in [0.717, 1.165) is 38.3 Å². The molecule has 1 fully saturated rings. The van der Waals surface area contributed by atoms with Gasteiger partial charge in [-0.15, -0.1) is 0 Å². The zero-order valence-corrected chi connectivity index (χ0v) is 19.2. The van der Waals surface area contributed by atoms with Crippen molar-refractivity contribution < 1.29 is 9.53 Å². The Morgan fingerprint density at radius 2 is 1.87 bits per heavy atom. The molecule has 1 saturated heterocycles. The smallest absolute Gasteiger partial charge is 0.254 e. The average Bonchev–Trinajstić information content (AvgIpc) is 2.78. The lowest BCUT2D eigenvalue weighted by molar-refractivity contribution is 0.0876. The molecule has 0 atom stereocenters. The molecule has 0 unspecified atom stereocenters. The number of hydrogen-bond donors (Lipinski definition) is 1. The van der Waals surface area contributed by atoms with Gasteiger partial charge < -0.3 is 14.6 Å². The number of rotatable bonds is 9. The Bertz CT molecular complexity index is 962. The standard InChI is InChI=1S/C24H34N4O3/c1-5-14-31-22-9-8-17(21(29)16-28-12-10-27(4)11-13-28)15-19(22)23-25-20(7-3)18(6-2)24(30)26-23/h8-9,15H,5-7,10-14,16H2,1-4H3,(H,25,26,30). The molecule has 2 aromatic rings. The first-order chi connectivity index (χ1) is 15.0. The summed E-state index contributed by atoms with van der Waals surface area (Å²) in [5.41, 5.74) is 2.64. The van der Waals surface area contributed by atoms with Crippen molar-refractivity contribution in [2.75, 3.05) is 46.4 Å². The minimum absolute atomic E-state index is 0.0658. The summed E-state index contributed by atoms with van der Waals surface area (Å²) in [7, 11) is 2.10. The van der Waals surface area contributed by atoms with Crippen molar-refractivity contribution in [3.63, 3.8) is 0 Å². The maximum atomic E-state index is 13.0. The second kappa shape index (κ2) is 10.7. The van der Waals surface area contributed by atoms with E-state index < -0.39 is 0 Å². The van der Waals surface area contributed by atoms with E-state index in [-0.39, 0.29) is 11.3 Å². The number of aryl methyl sites for hydroxylation is 1. The van der Waals surface area contributed by atoms with E-state index >= 15 is 0 Å². The van der Waals surface area contributed by atoms with Gasteiger partial charge in [-0.3, -0.25) is 14.5 Å². The van der Waals surface area contributed by atoms with Crippen molar-refractivity contribution in [3.8, 4) is 17.1 Å². The fraction of sp³-hybridized carbons (Fsp3) is 0.542. The van der Waals surface area contributed by atoms with Crippen LogP contribution in [0.5, 0.6) is 5.75 Å². The van der Waals surface area contributed by atoms with Gasteiger partial charge in [0.2, 0.25) is 0 Å². The monoisotopic (exact) mass is 426 g/mol. The van der Waals surface area contributed by atoms with Gasteiger partial charge in [0, 0.05) is 37.3 Å². The van der Waals surface area contributed by atoms with Gasteiger partial charge in [0.05, 0.1) is 24.4 Å². The summed E-state index contributed by atoms with van der Waals surface area (Å²) in [6.07, 6.45) is 2.17. The number of ether oxygens (including phenoxy) is 1. The van der Waals surface area contributed by atoms with Crippen molar-refractivity contribution in [3.05, 3.63) is 45.4 Å². The quantitative estimate of drug-likeness (QED) is 0.621. The lowest BCUT2D eigenvalue weighted by Gasteiger charge is -2.31. The van der Waals surface area contributed by atoms with Gasteiger partial charge in [0.25, 0.3) is 5.56 Å². The summed E-state index contributed by atoms with van der Waals surface area (Å²) >= 11 is 0. The highest BCUT2D eigenvalue weighted by atomic mass is 16.5. The third-order valence-electron chi connectivity index (χ3n) is 5.77. The summed E-state index contributed by atoms with van der Waals surface area (Å²) < 4.78 is 5.92. The van der Waals surface area contributed by atoms with Crippen LogP contribution in [0.2, 0.25) is 0 Å². The van der Waals surface area contributed by atoms with Crippen LogP contribution in [0.3, 0.4) is 0 Å². The van der Waals surface area contributed by atoms with Crippen molar-refractivity contribution in [1.29, 1.82) is 0 Å². The van der Waals surface area contributed by atoms with Crippen LogP contribution in [0.1, 0.15) is 48.8 Å². The van der Waals surface area contributed by atoms with E-state index in [1.807, 2.05) is 39.0 Å². The van der Waals surface area contributed by atoms with Crippen molar-refractivity contribution in [2.45, 2.75) is 40.0 Å². The molecule has 1 aliphatic heterocycles. The van der Waals surface area contributed by atoms with Crippen LogP contribution >= 0.6 is 0 Å². The highest BCUT2D eigenvalue weighted by molar-refractivity contribution is 5.99. The van der Waals surface area contributed by atoms with E-state index in [2.05, 4.69) is 21.8 Å². The Balaban J connectivity index is 1.95. The normalized spacial score (nSPS) is 15.2. The molecule has 1 N–H and O–H groups in total. The molecule has 1 aliphatic rings. The highest BCUT2D eigenvalue weighted by Gasteiger charge is 2.20. The number of aromatic nitrogens is 2. The second-order valence-electron chi connectivity index (χ2n) is 8.11. The number of Topliss-reactive ketones (excluding diaryl/α,β-unsaturated/α-hetero) is 1. The summed E-state index contributed by atoms with van der Waals surface area (Å²) in [4.78, 5) is 37.7. The molecular weight excluding hydrogens is 392 g/mol. The van der Waals surface area contributed by atoms with Gasteiger partial charge >= 0.3 is 0 Å². The van der Waals surface area contributed by atoms with Crippen LogP contribution in [-0.2, 0) is 12.8 Å². The fourth-order valence-corrected chi connectivity index (χ4v) is 3.86. The van der Waals surface area contributed by atoms with Crippen LogP contribution in [0.25, 0.3) is 11.4 Å². The number of carbonyl (C=O) groups excluding carboxylic acids is 1. The van der Waals surface area contributed by atoms with Crippen molar-refractivity contribution >= 4 is 5.78 Å². The van der Waals surface area contributed by atoms with Gasteiger partial charge in [0.1, 0.15) is 11.6 Å². The molecule has 0 saturated carbocycles. The van der Waals surface area contributed by atoms with Crippen molar-refractivity contribution in [1.82, 2.24) is 19.8 Å². The number of piperazine rings is 1. The Morgan fingerprint density at radius 1 is 1.13 bits per heavy atom. The number of hydrogen-bond acceptors (Lipinski definition) is 6. The van der Waals surface area contributed by atoms with Gasteiger partial charge in [-0.1, -0.05) is 20.8 Å². The Morgan fingerprint density at radius 3 is 2.52 bits per heavy atom. The molecule has 0 amide bonds. The molecule has 7 nitrogen and oxygen atoms in total.